The highest BCUT2D eigenvalue weighted by Crippen LogP contribution is 2.24. The lowest BCUT2D eigenvalue weighted by molar-refractivity contribution is 0.818. The Kier molecular flexibility index (Phi) is 3.49. The second-order valence-corrected chi connectivity index (χ2v) is 3.87. The Bertz CT molecular complexity index is 471. The van der Waals surface area contributed by atoms with E-state index in [1.165, 1.54) is 6.33 Å². The quantitative estimate of drug-likeness (QED) is 0.885. The molecule has 4 heteroatoms. The molecule has 0 saturated heterocycles. The van der Waals surface area contributed by atoms with Crippen molar-refractivity contribution in [3.63, 3.8) is 0 Å². The number of hydrogen-bond donors (Lipinski definition) is 1. The van der Waals surface area contributed by atoms with Gasteiger partial charge in [-0.05, 0) is 24.2 Å². The predicted octanol–water partition coefficient (Wildman–Crippen LogP) is 2.52. The monoisotopic (exact) mass is 233 g/mol. The molecule has 2 aromatic rings. The Morgan fingerprint density at radius 3 is 2.56 bits per heavy atom. The Morgan fingerprint density at radius 1 is 1.19 bits per heavy atom. The molecule has 82 valence electrons. The standard InChI is InChI=1S/C12H12ClN3/c1-14-5-10-3-2-9(4-12(10)13)11-6-15-8-16-7-11/h2-4,6-8,14H,5H2,1H3. The van der Waals surface area contributed by atoms with E-state index in [2.05, 4.69) is 15.3 Å². The van der Waals surface area contributed by atoms with Crippen LogP contribution in [0.2, 0.25) is 5.02 Å². The average molecular weight is 234 g/mol. The fraction of sp³-hybridized carbons (Fsp3) is 0.167. The summed E-state index contributed by atoms with van der Waals surface area (Å²) < 4.78 is 0. The second kappa shape index (κ2) is 5.05. The van der Waals surface area contributed by atoms with Crippen LogP contribution in [0.5, 0.6) is 0 Å². The Morgan fingerprint density at radius 2 is 1.94 bits per heavy atom. The molecular weight excluding hydrogens is 222 g/mol. The zero-order valence-electron chi connectivity index (χ0n) is 8.94. The molecule has 0 spiro atoms. The minimum absolute atomic E-state index is 0.760. The van der Waals surface area contributed by atoms with Crippen molar-refractivity contribution in [3.05, 3.63) is 47.5 Å². The van der Waals surface area contributed by atoms with E-state index in [-0.39, 0.29) is 0 Å². The maximum atomic E-state index is 6.18. The molecule has 1 aromatic heterocycles. The van der Waals surface area contributed by atoms with Gasteiger partial charge in [-0.25, -0.2) is 9.97 Å². The largest absolute Gasteiger partial charge is 0.316 e. The van der Waals surface area contributed by atoms with E-state index in [0.29, 0.717) is 0 Å². The minimum Gasteiger partial charge on any atom is -0.316 e. The first-order valence-electron chi connectivity index (χ1n) is 4.99. The first kappa shape index (κ1) is 11.0. The average Bonchev–Trinajstić information content (AvgIpc) is 2.33. The van der Waals surface area contributed by atoms with E-state index < -0.39 is 0 Å². The number of rotatable bonds is 3. The summed E-state index contributed by atoms with van der Waals surface area (Å²) in [5.41, 5.74) is 3.09. The van der Waals surface area contributed by atoms with Crippen LogP contribution in [0.3, 0.4) is 0 Å². The molecule has 0 radical (unpaired) electrons. The maximum Gasteiger partial charge on any atom is 0.115 e. The number of benzene rings is 1. The third-order valence-electron chi connectivity index (χ3n) is 2.31. The zero-order valence-corrected chi connectivity index (χ0v) is 9.70. The van der Waals surface area contributed by atoms with Gasteiger partial charge in [0.05, 0.1) is 0 Å². The molecule has 1 N–H and O–H groups in total. The lowest BCUT2D eigenvalue weighted by atomic mass is 10.1. The molecule has 16 heavy (non-hydrogen) atoms. The van der Waals surface area contributed by atoms with Gasteiger partial charge in [0.15, 0.2) is 0 Å². The molecule has 1 heterocycles. The summed E-state index contributed by atoms with van der Waals surface area (Å²) in [6.45, 7) is 0.768. The molecule has 0 aliphatic rings. The van der Waals surface area contributed by atoms with Gasteiger partial charge in [0.25, 0.3) is 0 Å². The number of halogens is 1. The van der Waals surface area contributed by atoms with Crippen molar-refractivity contribution in [2.24, 2.45) is 0 Å². The van der Waals surface area contributed by atoms with Crippen molar-refractivity contribution in [2.75, 3.05) is 7.05 Å². The van der Waals surface area contributed by atoms with Crippen molar-refractivity contribution in [1.29, 1.82) is 0 Å². The highest BCUT2D eigenvalue weighted by Gasteiger charge is 2.03. The SMILES string of the molecule is CNCc1ccc(-c2cncnc2)cc1Cl. The van der Waals surface area contributed by atoms with Gasteiger partial charge in [0.1, 0.15) is 6.33 Å². The Balaban J connectivity index is 2.35. The van der Waals surface area contributed by atoms with Gasteiger partial charge >= 0.3 is 0 Å². The smallest absolute Gasteiger partial charge is 0.115 e. The molecule has 0 aliphatic heterocycles. The van der Waals surface area contributed by atoms with Gasteiger partial charge in [-0.2, -0.15) is 0 Å². The molecule has 0 saturated carbocycles. The van der Waals surface area contributed by atoms with E-state index in [0.717, 1.165) is 28.3 Å². The third-order valence-corrected chi connectivity index (χ3v) is 2.67. The van der Waals surface area contributed by atoms with Crippen LogP contribution in [0, 0.1) is 0 Å². The third kappa shape index (κ3) is 2.38. The minimum atomic E-state index is 0.760. The number of nitrogens with one attached hydrogen (secondary N) is 1. The van der Waals surface area contributed by atoms with Crippen molar-refractivity contribution in [2.45, 2.75) is 6.54 Å². The van der Waals surface area contributed by atoms with Gasteiger partial charge in [-0.15, -0.1) is 0 Å². The Hall–Kier alpha value is -1.45. The molecular formula is C12H12ClN3. The van der Waals surface area contributed by atoms with Crippen LogP contribution in [0.15, 0.2) is 36.9 Å². The summed E-state index contributed by atoms with van der Waals surface area (Å²) in [7, 11) is 1.90. The molecule has 0 aliphatic carbocycles. The van der Waals surface area contributed by atoms with E-state index >= 15 is 0 Å². The molecule has 1 aromatic carbocycles. The summed E-state index contributed by atoms with van der Waals surface area (Å²) in [6, 6.07) is 5.98. The predicted molar refractivity (Wildman–Crippen MR) is 65.2 cm³/mol. The van der Waals surface area contributed by atoms with Crippen LogP contribution in [-0.2, 0) is 6.54 Å². The summed E-state index contributed by atoms with van der Waals surface area (Å²) in [5.74, 6) is 0. The Labute approximate surface area is 99.5 Å². The topological polar surface area (TPSA) is 37.8 Å². The number of nitrogens with zero attached hydrogens (tertiary/aromatic N) is 2. The fourth-order valence-corrected chi connectivity index (χ4v) is 1.76. The van der Waals surface area contributed by atoms with Gasteiger partial charge in [-0.1, -0.05) is 23.7 Å². The second-order valence-electron chi connectivity index (χ2n) is 3.46. The van der Waals surface area contributed by atoms with Crippen LogP contribution >= 0.6 is 11.6 Å². The first-order chi connectivity index (χ1) is 7.81. The fourth-order valence-electron chi connectivity index (χ4n) is 1.51. The van der Waals surface area contributed by atoms with Gasteiger partial charge in [0.2, 0.25) is 0 Å². The van der Waals surface area contributed by atoms with Crippen LogP contribution in [0.4, 0.5) is 0 Å². The van der Waals surface area contributed by atoms with E-state index in [9.17, 15) is 0 Å². The number of aromatic nitrogens is 2. The van der Waals surface area contributed by atoms with Crippen molar-refractivity contribution in [1.82, 2.24) is 15.3 Å². The zero-order chi connectivity index (χ0) is 11.4. The van der Waals surface area contributed by atoms with Gasteiger partial charge in [0, 0.05) is 29.5 Å². The molecule has 0 fully saturated rings. The van der Waals surface area contributed by atoms with Crippen molar-refractivity contribution < 1.29 is 0 Å². The summed E-state index contributed by atoms with van der Waals surface area (Å²) >= 11 is 6.18. The highest BCUT2D eigenvalue weighted by atomic mass is 35.5. The molecule has 0 atom stereocenters. The first-order valence-corrected chi connectivity index (χ1v) is 5.37. The molecule has 0 bridgehead atoms. The van der Waals surface area contributed by atoms with Crippen molar-refractivity contribution >= 4 is 11.6 Å². The van der Waals surface area contributed by atoms with Crippen molar-refractivity contribution in [3.8, 4) is 11.1 Å². The van der Waals surface area contributed by atoms with Crippen LogP contribution in [0.1, 0.15) is 5.56 Å². The lowest BCUT2D eigenvalue weighted by Crippen LogP contribution is -2.05. The molecule has 3 nitrogen and oxygen atoms in total. The molecule has 0 unspecified atom stereocenters. The molecule has 0 amide bonds. The highest BCUT2D eigenvalue weighted by molar-refractivity contribution is 6.31. The summed E-state index contributed by atoms with van der Waals surface area (Å²) in [6.07, 6.45) is 5.06. The summed E-state index contributed by atoms with van der Waals surface area (Å²) in [5, 5.41) is 3.83. The molecule has 2 rings (SSSR count). The van der Waals surface area contributed by atoms with E-state index in [4.69, 9.17) is 11.6 Å². The lowest BCUT2D eigenvalue weighted by Gasteiger charge is -2.06. The van der Waals surface area contributed by atoms with Crippen LogP contribution in [0.25, 0.3) is 11.1 Å². The van der Waals surface area contributed by atoms with Crippen LogP contribution < -0.4 is 5.32 Å². The van der Waals surface area contributed by atoms with Gasteiger partial charge < -0.3 is 5.32 Å². The maximum absolute atomic E-state index is 6.18. The van der Waals surface area contributed by atoms with Crippen LogP contribution in [-0.4, -0.2) is 17.0 Å². The normalized spacial score (nSPS) is 10.4. The van der Waals surface area contributed by atoms with Gasteiger partial charge in [-0.3, -0.25) is 0 Å². The van der Waals surface area contributed by atoms with E-state index in [1.54, 1.807) is 12.4 Å². The summed E-state index contributed by atoms with van der Waals surface area (Å²) in [4.78, 5) is 7.97. The van der Waals surface area contributed by atoms with E-state index in [1.807, 2.05) is 25.2 Å². The number of hydrogen-bond acceptors (Lipinski definition) is 3.